The Morgan fingerprint density at radius 3 is 2.67 bits per heavy atom. The summed E-state index contributed by atoms with van der Waals surface area (Å²) >= 11 is 0. The molecular formula is C20H21NO6. The molecule has 0 unspecified atom stereocenters. The van der Waals surface area contributed by atoms with Crippen molar-refractivity contribution in [1.29, 1.82) is 0 Å². The number of nitro benzene ring substituents is 1. The molecule has 0 bridgehead atoms. The van der Waals surface area contributed by atoms with Crippen molar-refractivity contribution in [1.82, 2.24) is 0 Å². The van der Waals surface area contributed by atoms with Gasteiger partial charge in [0.05, 0.1) is 18.6 Å². The molecule has 0 saturated carbocycles. The molecule has 7 heteroatoms. The third-order valence-corrected chi connectivity index (χ3v) is 3.74. The maximum Gasteiger partial charge on any atom is 0.331 e. The third kappa shape index (κ3) is 5.57. The van der Waals surface area contributed by atoms with Crippen LogP contribution in [0.25, 0.3) is 6.08 Å². The molecule has 2 aromatic carbocycles. The van der Waals surface area contributed by atoms with Crippen molar-refractivity contribution < 1.29 is 23.9 Å². The molecule has 0 saturated heterocycles. The summed E-state index contributed by atoms with van der Waals surface area (Å²) < 4.78 is 16.0. The van der Waals surface area contributed by atoms with Gasteiger partial charge in [0.2, 0.25) is 0 Å². The van der Waals surface area contributed by atoms with Crippen LogP contribution in [-0.2, 0) is 9.53 Å². The fraction of sp³-hybridized carbons (Fsp3) is 0.250. The van der Waals surface area contributed by atoms with Gasteiger partial charge in [-0.25, -0.2) is 4.79 Å². The topological polar surface area (TPSA) is 87.9 Å². The van der Waals surface area contributed by atoms with E-state index in [9.17, 15) is 14.9 Å². The summed E-state index contributed by atoms with van der Waals surface area (Å²) in [6.07, 6.45) is 2.28. The molecule has 0 spiro atoms. The van der Waals surface area contributed by atoms with Crippen LogP contribution >= 0.6 is 0 Å². The van der Waals surface area contributed by atoms with E-state index in [1.807, 2.05) is 6.92 Å². The van der Waals surface area contributed by atoms with Gasteiger partial charge in [-0.15, -0.1) is 0 Å². The number of esters is 1. The second-order valence-electron chi connectivity index (χ2n) is 5.61. The normalized spacial score (nSPS) is 11.8. The molecule has 27 heavy (non-hydrogen) atoms. The molecule has 0 fully saturated rings. The molecule has 0 N–H and O–H groups in total. The molecule has 0 heterocycles. The number of methoxy groups -OCH3 is 1. The average molecular weight is 371 g/mol. The van der Waals surface area contributed by atoms with Crippen molar-refractivity contribution in [3.63, 3.8) is 0 Å². The molecule has 0 radical (unpaired) electrons. The lowest BCUT2D eigenvalue weighted by Gasteiger charge is -2.12. The summed E-state index contributed by atoms with van der Waals surface area (Å²) in [7, 11) is 1.56. The van der Waals surface area contributed by atoms with E-state index in [4.69, 9.17) is 14.2 Å². The van der Waals surface area contributed by atoms with E-state index in [1.54, 1.807) is 50.4 Å². The third-order valence-electron chi connectivity index (χ3n) is 3.74. The number of benzene rings is 2. The first-order chi connectivity index (χ1) is 12.9. The first-order valence-corrected chi connectivity index (χ1v) is 8.38. The van der Waals surface area contributed by atoms with E-state index < -0.39 is 17.0 Å². The molecule has 0 aliphatic rings. The monoisotopic (exact) mass is 371 g/mol. The number of hydrogen-bond acceptors (Lipinski definition) is 6. The van der Waals surface area contributed by atoms with Crippen LogP contribution in [0.4, 0.5) is 5.69 Å². The van der Waals surface area contributed by atoms with Crippen molar-refractivity contribution in [3.8, 4) is 11.5 Å². The van der Waals surface area contributed by atoms with Gasteiger partial charge in [0.15, 0.2) is 11.5 Å². The van der Waals surface area contributed by atoms with Gasteiger partial charge in [0.1, 0.15) is 6.10 Å². The lowest BCUT2D eigenvalue weighted by atomic mass is 10.1. The summed E-state index contributed by atoms with van der Waals surface area (Å²) in [6, 6.07) is 11.3. The summed E-state index contributed by atoms with van der Waals surface area (Å²) in [5.41, 5.74) is 1.25. The van der Waals surface area contributed by atoms with Crippen molar-refractivity contribution in [3.05, 3.63) is 69.8 Å². The molecule has 2 rings (SSSR count). The maximum absolute atomic E-state index is 12.1. The SMILES string of the molecule is CCOc1cc(/C=C/C(=O)O[C@H](C)c2cccc([N+](=O)[O-])c2)ccc1OC. The summed E-state index contributed by atoms with van der Waals surface area (Å²) in [5.74, 6) is 0.638. The van der Waals surface area contributed by atoms with Gasteiger partial charge < -0.3 is 14.2 Å². The van der Waals surface area contributed by atoms with Crippen LogP contribution in [0, 0.1) is 10.1 Å². The fourth-order valence-corrected chi connectivity index (χ4v) is 2.40. The first-order valence-electron chi connectivity index (χ1n) is 8.38. The Bertz CT molecular complexity index is 846. The average Bonchev–Trinajstić information content (AvgIpc) is 2.67. The van der Waals surface area contributed by atoms with Gasteiger partial charge in [0, 0.05) is 18.2 Å². The zero-order chi connectivity index (χ0) is 19.8. The predicted octanol–water partition coefficient (Wildman–Crippen LogP) is 4.32. The minimum atomic E-state index is -0.614. The Kier molecular flexibility index (Phi) is 6.93. The molecule has 0 aliphatic heterocycles. The zero-order valence-corrected chi connectivity index (χ0v) is 15.4. The van der Waals surface area contributed by atoms with Crippen molar-refractivity contribution in [2.24, 2.45) is 0 Å². The lowest BCUT2D eigenvalue weighted by molar-refractivity contribution is -0.385. The van der Waals surface area contributed by atoms with E-state index >= 15 is 0 Å². The number of nitro groups is 1. The molecular weight excluding hydrogens is 350 g/mol. The summed E-state index contributed by atoms with van der Waals surface area (Å²) in [5, 5.41) is 10.8. The summed E-state index contributed by atoms with van der Waals surface area (Å²) in [6.45, 7) is 4.02. The van der Waals surface area contributed by atoms with Crippen molar-refractivity contribution in [2.75, 3.05) is 13.7 Å². The number of hydrogen-bond donors (Lipinski definition) is 0. The lowest BCUT2D eigenvalue weighted by Crippen LogP contribution is -2.06. The van der Waals surface area contributed by atoms with Gasteiger partial charge in [0.25, 0.3) is 5.69 Å². The van der Waals surface area contributed by atoms with Gasteiger partial charge >= 0.3 is 5.97 Å². The van der Waals surface area contributed by atoms with Gasteiger partial charge in [-0.1, -0.05) is 18.2 Å². The van der Waals surface area contributed by atoms with Crippen molar-refractivity contribution >= 4 is 17.7 Å². The highest BCUT2D eigenvalue weighted by Crippen LogP contribution is 2.28. The predicted molar refractivity (Wildman–Crippen MR) is 101 cm³/mol. The van der Waals surface area contributed by atoms with Crippen LogP contribution < -0.4 is 9.47 Å². The number of nitrogens with zero attached hydrogens (tertiary/aromatic N) is 1. The van der Waals surface area contributed by atoms with E-state index in [0.717, 1.165) is 5.56 Å². The highest BCUT2D eigenvalue weighted by atomic mass is 16.6. The van der Waals surface area contributed by atoms with E-state index in [1.165, 1.54) is 18.2 Å². The Morgan fingerprint density at radius 2 is 2.00 bits per heavy atom. The fourth-order valence-electron chi connectivity index (χ4n) is 2.40. The zero-order valence-electron chi connectivity index (χ0n) is 15.4. The maximum atomic E-state index is 12.1. The molecule has 1 atom stereocenters. The smallest absolute Gasteiger partial charge is 0.331 e. The quantitative estimate of drug-likeness (QED) is 0.297. The van der Waals surface area contributed by atoms with Crippen LogP contribution in [0.15, 0.2) is 48.5 Å². The molecule has 2 aromatic rings. The van der Waals surface area contributed by atoms with Gasteiger partial charge in [-0.3, -0.25) is 10.1 Å². The van der Waals surface area contributed by atoms with Gasteiger partial charge in [-0.05, 0) is 43.2 Å². The van der Waals surface area contributed by atoms with Crippen LogP contribution in [-0.4, -0.2) is 24.6 Å². The van der Waals surface area contributed by atoms with Crippen LogP contribution in [0.3, 0.4) is 0 Å². The van der Waals surface area contributed by atoms with E-state index in [-0.39, 0.29) is 5.69 Å². The van der Waals surface area contributed by atoms with E-state index in [0.29, 0.717) is 23.7 Å². The Morgan fingerprint density at radius 1 is 1.22 bits per heavy atom. The first kappa shape index (κ1) is 20.0. The molecule has 0 aromatic heterocycles. The number of rotatable bonds is 8. The molecule has 0 aliphatic carbocycles. The Labute approximate surface area is 157 Å². The van der Waals surface area contributed by atoms with E-state index in [2.05, 4.69) is 0 Å². The molecule has 7 nitrogen and oxygen atoms in total. The highest BCUT2D eigenvalue weighted by molar-refractivity contribution is 5.87. The Hall–Kier alpha value is -3.35. The number of carbonyl (C=O) groups is 1. The van der Waals surface area contributed by atoms with Crippen LogP contribution in [0.1, 0.15) is 31.1 Å². The number of ether oxygens (including phenoxy) is 3. The summed E-state index contributed by atoms with van der Waals surface area (Å²) in [4.78, 5) is 22.4. The second-order valence-corrected chi connectivity index (χ2v) is 5.61. The number of carbonyl (C=O) groups excluding carboxylic acids is 1. The highest BCUT2D eigenvalue weighted by Gasteiger charge is 2.13. The minimum Gasteiger partial charge on any atom is -0.493 e. The van der Waals surface area contributed by atoms with Crippen LogP contribution in [0.2, 0.25) is 0 Å². The molecule has 142 valence electrons. The van der Waals surface area contributed by atoms with Crippen LogP contribution in [0.5, 0.6) is 11.5 Å². The Balaban J connectivity index is 2.05. The van der Waals surface area contributed by atoms with Gasteiger partial charge in [-0.2, -0.15) is 0 Å². The second kappa shape index (κ2) is 9.38. The van der Waals surface area contributed by atoms with Crippen molar-refractivity contribution in [2.45, 2.75) is 20.0 Å². The standard InChI is InChI=1S/C20H21NO6/c1-4-26-19-12-15(8-10-18(19)25-3)9-11-20(22)27-14(2)16-6-5-7-17(13-16)21(23)24/h5-14H,4H2,1-3H3/b11-9+/t14-/m1/s1. The molecule has 0 amide bonds. The number of non-ortho nitro benzene ring substituents is 1. The minimum absolute atomic E-state index is 0.0485. The largest absolute Gasteiger partial charge is 0.493 e.